The number of aryl methyl sites for hydroxylation is 1. The number of carbonyl (C=O) groups excluding carboxylic acids is 1. The van der Waals surface area contributed by atoms with E-state index in [4.69, 9.17) is 23.2 Å². The topological polar surface area (TPSA) is 66.5 Å². The summed E-state index contributed by atoms with van der Waals surface area (Å²) in [5, 5.41) is 5.21. The van der Waals surface area contributed by atoms with Gasteiger partial charge in [0.2, 0.25) is 0 Å². The number of thiophene rings is 1. The Hall–Kier alpha value is -2.06. The molecule has 0 atom stereocenters. The van der Waals surface area contributed by atoms with E-state index >= 15 is 0 Å². The van der Waals surface area contributed by atoms with Gasteiger partial charge in [-0.1, -0.05) is 35.3 Å². The van der Waals surface area contributed by atoms with Crippen LogP contribution in [0.15, 0.2) is 58.1 Å². The lowest BCUT2D eigenvalue weighted by Crippen LogP contribution is -2.35. The zero-order chi connectivity index (χ0) is 20.6. The van der Waals surface area contributed by atoms with Gasteiger partial charge in [0, 0.05) is 17.3 Å². The minimum Gasteiger partial charge on any atom is -0.322 e. The maximum atomic E-state index is 13.1. The third kappa shape index (κ3) is 4.00. The number of amides is 1. The van der Waals surface area contributed by atoms with Crippen LogP contribution < -0.4 is 9.62 Å². The van der Waals surface area contributed by atoms with E-state index in [-0.39, 0.29) is 10.6 Å². The molecular formula is C20H16Cl2N2O3S2. The Bertz CT molecular complexity index is 1180. The van der Waals surface area contributed by atoms with Crippen molar-refractivity contribution >= 4 is 61.8 Å². The second-order valence-electron chi connectivity index (χ2n) is 6.53. The molecule has 0 unspecified atom stereocenters. The van der Waals surface area contributed by atoms with E-state index in [1.807, 2.05) is 6.07 Å². The summed E-state index contributed by atoms with van der Waals surface area (Å²) in [6, 6.07) is 13.3. The van der Waals surface area contributed by atoms with Crippen LogP contribution >= 0.6 is 34.5 Å². The van der Waals surface area contributed by atoms with E-state index in [0.717, 1.165) is 18.4 Å². The number of carbonyl (C=O) groups is 1. The molecule has 1 aliphatic rings. The van der Waals surface area contributed by atoms with Gasteiger partial charge in [0.25, 0.3) is 15.9 Å². The van der Waals surface area contributed by atoms with Crippen molar-refractivity contribution in [1.82, 2.24) is 0 Å². The maximum Gasteiger partial charge on any atom is 0.273 e. The molecule has 4 rings (SSSR count). The largest absolute Gasteiger partial charge is 0.322 e. The van der Waals surface area contributed by atoms with Gasteiger partial charge in [0.15, 0.2) is 0 Å². The van der Waals surface area contributed by atoms with E-state index in [1.165, 1.54) is 21.7 Å². The van der Waals surface area contributed by atoms with Crippen LogP contribution in [0.25, 0.3) is 0 Å². The third-order valence-electron chi connectivity index (χ3n) is 4.63. The second-order valence-corrected chi connectivity index (χ2v) is 10.4. The van der Waals surface area contributed by atoms with Gasteiger partial charge in [-0.3, -0.25) is 9.10 Å². The predicted molar refractivity (Wildman–Crippen MR) is 118 cm³/mol. The third-order valence-corrected chi connectivity index (χ3v) is 8.38. The number of sulfonamides is 1. The van der Waals surface area contributed by atoms with E-state index in [2.05, 4.69) is 5.32 Å². The fourth-order valence-electron chi connectivity index (χ4n) is 3.26. The van der Waals surface area contributed by atoms with Crippen molar-refractivity contribution in [3.63, 3.8) is 0 Å². The Balaban J connectivity index is 1.67. The highest BCUT2D eigenvalue weighted by molar-refractivity contribution is 7.94. The van der Waals surface area contributed by atoms with Gasteiger partial charge in [-0.05, 0) is 60.2 Å². The Kier molecular flexibility index (Phi) is 5.57. The number of anilines is 2. The van der Waals surface area contributed by atoms with Gasteiger partial charge in [-0.15, -0.1) is 11.3 Å². The maximum absolute atomic E-state index is 13.1. The first kappa shape index (κ1) is 20.2. The Labute approximate surface area is 182 Å². The highest BCUT2D eigenvalue weighted by Crippen LogP contribution is 2.35. The van der Waals surface area contributed by atoms with Gasteiger partial charge in [0.1, 0.15) is 4.21 Å². The lowest BCUT2D eigenvalue weighted by molar-refractivity contribution is 0.102. The number of rotatable bonds is 4. The summed E-state index contributed by atoms with van der Waals surface area (Å²) in [7, 11) is -3.64. The van der Waals surface area contributed by atoms with Gasteiger partial charge in [-0.2, -0.15) is 0 Å². The fraction of sp³-hybridized carbons (Fsp3) is 0.150. The molecule has 1 amide bonds. The van der Waals surface area contributed by atoms with Crippen molar-refractivity contribution in [3.8, 4) is 0 Å². The minimum absolute atomic E-state index is 0.250. The number of hydrogen-bond donors (Lipinski definition) is 1. The molecule has 150 valence electrons. The fourth-order valence-corrected chi connectivity index (χ4v) is 6.27. The summed E-state index contributed by atoms with van der Waals surface area (Å²) in [5.41, 5.74) is 2.24. The van der Waals surface area contributed by atoms with Gasteiger partial charge >= 0.3 is 0 Å². The first-order chi connectivity index (χ1) is 13.9. The van der Waals surface area contributed by atoms with E-state index in [0.29, 0.717) is 27.2 Å². The van der Waals surface area contributed by atoms with Crippen molar-refractivity contribution in [3.05, 3.63) is 75.1 Å². The highest BCUT2D eigenvalue weighted by atomic mass is 35.5. The monoisotopic (exact) mass is 466 g/mol. The van der Waals surface area contributed by atoms with Crippen LogP contribution in [0.2, 0.25) is 10.0 Å². The molecule has 1 N–H and O–H groups in total. The smallest absolute Gasteiger partial charge is 0.273 e. The van der Waals surface area contributed by atoms with Crippen molar-refractivity contribution in [2.24, 2.45) is 0 Å². The lowest BCUT2D eigenvalue weighted by atomic mass is 10.0. The zero-order valence-corrected chi connectivity index (χ0v) is 18.2. The molecule has 9 heteroatoms. The molecule has 29 heavy (non-hydrogen) atoms. The van der Waals surface area contributed by atoms with Crippen LogP contribution in [0.4, 0.5) is 11.4 Å². The molecule has 0 saturated carbocycles. The van der Waals surface area contributed by atoms with Gasteiger partial charge in [0.05, 0.1) is 16.3 Å². The van der Waals surface area contributed by atoms with Gasteiger partial charge < -0.3 is 5.32 Å². The van der Waals surface area contributed by atoms with Gasteiger partial charge in [-0.25, -0.2) is 8.42 Å². The standard InChI is InChI=1S/C20H16Cl2N2O3S2/c21-14-6-8-17(22)16(11-14)20(25)23-15-7-5-13-3-1-9-24(18(13)12-15)29(26,27)19-4-2-10-28-19/h2,4-8,10-12H,1,3,9H2,(H,23,25). The first-order valence-corrected chi connectivity index (χ1v) is 11.9. The van der Waals surface area contributed by atoms with Crippen molar-refractivity contribution in [1.29, 1.82) is 0 Å². The van der Waals surface area contributed by atoms with Crippen LogP contribution in [-0.2, 0) is 16.4 Å². The first-order valence-electron chi connectivity index (χ1n) is 8.82. The van der Waals surface area contributed by atoms with Crippen LogP contribution in [0.1, 0.15) is 22.3 Å². The molecule has 3 aromatic rings. The molecule has 0 fully saturated rings. The zero-order valence-electron chi connectivity index (χ0n) is 15.1. The molecule has 0 saturated heterocycles. The number of fused-ring (bicyclic) bond motifs is 1. The summed E-state index contributed by atoms with van der Waals surface area (Å²) in [5.74, 6) is -0.416. The summed E-state index contributed by atoms with van der Waals surface area (Å²) >= 11 is 13.3. The van der Waals surface area contributed by atoms with E-state index < -0.39 is 15.9 Å². The second kappa shape index (κ2) is 7.99. The summed E-state index contributed by atoms with van der Waals surface area (Å²) < 4.78 is 27.8. The Morgan fingerprint density at radius 3 is 2.69 bits per heavy atom. The average Bonchev–Trinajstić information content (AvgIpc) is 3.25. The molecule has 0 spiro atoms. The Morgan fingerprint density at radius 1 is 1.10 bits per heavy atom. The normalized spacial score (nSPS) is 13.8. The lowest BCUT2D eigenvalue weighted by Gasteiger charge is -2.30. The van der Waals surface area contributed by atoms with Crippen molar-refractivity contribution in [2.75, 3.05) is 16.2 Å². The van der Waals surface area contributed by atoms with E-state index in [1.54, 1.807) is 41.8 Å². The molecule has 1 aliphatic heterocycles. The summed E-state index contributed by atoms with van der Waals surface area (Å²) in [6.07, 6.45) is 1.52. The van der Waals surface area contributed by atoms with Crippen LogP contribution in [0, 0.1) is 0 Å². The molecule has 2 aromatic carbocycles. The Morgan fingerprint density at radius 2 is 1.93 bits per heavy atom. The van der Waals surface area contributed by atoms with Crippen LogP contribution in [0.5, 0.6) is 0 Å². The molecule has 0 aliphatic carbocycles. The number of halogens is 2. The predicted octanol–water partition coefficient (Wildman–Crippen LogP) is 5.45. The minimum atomic E-state index is -3.64. The summed E-state index contributed by atoms with van der Waals surface area (Å²) in [4.78, 5) is 12.6. The summed E-state index contributed by atoms with van der Waals surface area (Å²) in [6.45, 7) is 0.394. The molecule has 0 bridgehead atoms. The molecular weight excluding hydrogens is 451 g/mol. The van der Waals surface area contributed by atoms with E-state index in [9.17, 15) is 13.2 Å². The average molecular weight is 467 g/mol. The van der Waals surface area contributed by atoms with Crippen LogP contribution in [0.3, 0.4) is 0 Å². The highest BCUT2D eigenvalue weighted by Gasteiger charge is 2.30. The number of nitrogens with one attached hydrogen (secondary N) is 1. The number of nitrogens with zero attached hydrogens (tertiary/aromatic N) is 1. The van der Waals surface area contributed by atoms with Crippen molar-refractivity contribution < 1.29 is 13.2 Å². The molecule has 5 nitrogen and oxygen atoms in total. The number of hydrogen-bond acceptors (Lipinski definition) is 4. The quantitative estimate of drug-likeness (QED) is 0.555. The molecule has 2 heterocycles. The SMILES string of the molecule is O=C(Nc1ccc2c(c1)N(S(=O)(=O)c1cccs1)CCC2)c1cc(Cl)ccc1Cl. The van der Waals surface area contributed by atoms with Crippen LogP contribution in [-0.4, -0.2) is 20.9 Å². The molecule has 1 aromatic heterocycles. The molecule has 0 radical (unpaired) electrons. The van der Waals surface area contributed by atoms with Crippen molar-refractivity contribution in [2.45, 2.75) is 17.1 Å². The number of benzene rings is 2.